The van der Waals surface area contributed by atoms with E-state index in [-0.39, 0.29) is 5.91 Å². The lowest BCUT2D eigenvalue weighted by Crippen LogP contribution is -2.06. The minimum atomic E-state index is -0.113. The van der Waals surface area contributed by atoms with Crippen molar-refractivity contribution in [3.63, 3.8) is 0 Å². The first-order valence-electron chi connectivity index (χ1n) is 8.70. The Morgan fingerprint density at radius 3 is 2.93 bits per heavy atom. The van der Waals surface area contributed by atoms with Gasteiger partial charge >= 0.3 is 0 Å². The number of hydrogen-bond acceptors (Lipinski definition) is 6. The summed E-state index contributed by atoms with van der Waals surface area (Å²) >= 11 is 9.39. The van der Waals surface area contributed by atoms with Gasteiger partial charge in [-0.1, -0.05) is 47.6 Å². The minimum absolute atomic E-state index is 0.113. The van der Waals surface area contributed by atoms with Crippen molar-refractivity contribution in [2.75, 3.05) is 5.32 Å². The summed E-state index contributed by atoms with van der Waals surface area (Å²) in [6.45, 7) is 1.48. The van der Waals surface area contributed by atoms with Gasteiger partial charge in [0.2, 0.25) is 5.91 Å². The average molecular weight is 442 g/mol. The van der Waals surface area contributed by atoms with Crippen LogP contribution in [0.25, 0.3) is 16.3 Å². The van der Waals surface area contributed by atoms with Crippen molar-refractivity contribution in [1.82, 2.24) is 19.7 Å². The molecule has 1 N–H and O–H groups in total. The zero-order valence-electron chi connectivity index (χ0n) is 15.4. The van der Waals surface area contributed by atoms with Crippen LogP contribution in [-0.2, 0) is 10.5 Å². The van der Waals surface area contributed by atoms with E-state index in [0.717, 1.165) is 32.8 Å². The van der Waals surface area contributed by atoms with E-state index in [0.29, 0.717) is 10.8 Å². The Morgan fingerprint density at radius 2 is 2.10 bits per heavy atom. The number of nitrogens with one attached hydrogen (secondary N) is 1. The quantitative estimate of drug-likeness (QED) is 0.411. The van der Waals surface area contributed by atoms with Crippen molar-refractivity contribution in [3.05, 3.63) is 71.0 Å². The number of aromatic nitrogens is 4. The Kier molecular flexibility index (Phi) is 5.94. The fourth-order valence-electron chi connectivity index (χ4n) is 2.71. The van der Waals surface area contributed by atoms with E-state index in [4.69, 9.17) is 16.6 Å². The van der Waals surface area contributed by atoms with Gasteiger partial charge in [0.05, 0.1) is 16.4 Å². The number of nitrogens with zero attached hydrogens (tertiary/aromatic N) is 4. The van der Waals surface area contributed by atoms with Gasteiger partial charge in [-0.3, -0.25) is 9.36 Å². The molecule has 146 valence electrons. The molecule has 0 aliphatic rings. The second kappa shape index (κ2) is 8.77. The van der Waals surface area contributed by atoms with Crippen molar-refractivity contribution in [1.29, 1.82) is 0 Å². The average Bonchev–Trinajstić information content (AvgIpc) is 3.36. The van der Waals surface area contributed by atoms with E-state index < -0.39 is 0 Å². The van der Waals surface area contributed by atoms with Crippen LogP contribution >= 0.6 is 34.7 Å². The molecule has 1 amide bonds. The molecule has 0 aliphatic heterocycles. The first-order valence-corrected chi connectivity index (χ1v) is 10.9. The zero-order valence-corrected chi connectivity index (χ0v) is 17.8. The smallest absolute Gasteiger partial charge is 0.221 e. The fourth-order valence-corrected chi connectivity index (χ4v) is 4.77. The molecule has 4 rings (SSSR count). The number of thiazole rings is 1. The number of thioether (sulfide) groups is 1. The molecular formula is C20H16ClN5OS2. The SMILES string of the molecule is CC(=O)Nc1cccc(-n2cnnc2SCc2csc(-c3ccccc3Cl)n2)c1. The van der Waals surface area contributed by atoms with Gasteiger partial charge in [-0.25, -0.2) is 4.98 Å². The molecule has 0 atom stereocenters. The van der Waals surface area contributed by atoms with Crippen LogP contribution in [0.1, 0.15) is 12.6 Å². The predicted molar refractivity (Wildman–Crippen MR) is 118 cm³/mol. The van der Waals surface area contributed by atoms with E-state index >= 15 is 0 Å². The molecule has 0 fully saturated rings. The third kappa shape index (κ3) is 4.67. The Balaban J connectivity index is 1.50. The molecular weight excluding hydrogens is 426 g/mol. The standard InChI is InChI=1S/C20H16ClN5OS2/c1-13(27)23-14-5-4-6-16(9-14)26-12-22-25-20(26)29-11-15-10-28-19(24-15)17-7-2-3-8-18(17)21/h2-10,12H,11H2,1H3,(H,23,27). The summed E-state index contributed by atoms with van der Waals surface area (Å²) in [5, 5.41) is 15.4. The highest BCUT2D eigenvalue weighted by molar-refractivity contribution is 7.98. The molecule has 0 aliphatic carbocycles. The van der Waals surface area contributed by atoms with Crippen LogP contribution in [0.3, 0.4) is 0 Å². The summed E-state index contributed by atoms with van der Waals surface area (Å²) in [6, 6.07) is 15.2. The molecule has 29 heavy (non-hydrogen) atoms. The van der Waals surface area contributed by atoms with Gasteiger partial charge < -0.3 is 5.32 Å². The number of rotatable bonds is 6. The normalized spacial score (nSPS) is 10.8. The first kappa shape index (κ1) is 19.6. The Labute approximate surface area is 181 Å². The molecule has 0 unspecified atom stereocenters. The van der Waals surface area contributed by atoms with Crippen LogP contribution < -0.4 is 5.32 Å². The number of hydrogen-bond donors (Lipinski definition) is 1. The van der Waals surface area contributed by atoms with E-state index in [1.807, 2.05) is 58.5 Å². The molecule has 6 nitrogen and oxygen atoms in total. The molecule has 2 aromatic carbocycles. The molecule has 0 spiro atoms. The van der Waals surface area contributed by atoms with Gasteiger partial charge in [0.25, 0.3) is 0 Å². The molecule has 0 saturated heterocycles. The lowest BCUT2D eigenvalue weighted by molar-refractivity contribution is -0.114. The highest BCUT2D eigenvalue weighted by atomic mass is 35.5. The lowest BCUT2D eigenvalue weighted by atomic mass is 10.2. The van der Waals surface area contributed by atoms with E-state index in [2.05, 4.69) is 15.5 Å². The molecule has 4 aromatic rings. The highest BCUT2D eigenvalue weighted by Crippen LogP contribution is 2.32. The van der Waals surface area contributed by atoms with Crippen molar-refractivity contribution < 1.29 is 4.79 Å². The number of anilines is 1. The van der Waals surface area contributed by atoms with E-state index in [1.165, 1.54) is 6.92 Å². The Morgan fingerprint density at radius 1 is 1.24 bits per heavy atom. The van der Waals surface area contributed by atoms with Crippen LogP contribution in [0.15, 0.2) is 65.4 Å². The second-order valence-electron chi connectivity index (χ2n) is 6.13. The number of halogens is 1. The maximum atomic E-state index is 11.3. The summed E-state index contributed by atoms with van der Waals surface area (Å²) in [6.07, 6.45) is 1.66. The summed E-state index contributed by atoms with van der Waals surface area (Å²) in [5.74, 6) is 0.545. The maximum absolute atomic E-state index is 11.3. The van der Waals surface area contributed by atoms with Crippen molar-refractivity contribution in [2.24, 2.45) is 0 Å². The van der Waals surface area contributed by atoms with Crippen LogP contribution in [0, 0.1) is 0 Å². The molecule has 2 heterocycles. The minimum Gasteiger partial charge on any atom is -0.326 e. The van der Waals surface area contributed by atoms with Gasteiger partial charge in [-0.05, 0) is 24.3 Å². The van der Waals surface area contributed by atoms with Crippen LogP contribution in [0.5, 0.6) is 0 Å². The molecule has 2 aromatic heterocycles. The van der Waals surface area contributed by atoms with Gasteiger partial charge in [0, 0.05) is 29.3 Å². The topological polar surface area (TPSA) is 72.7 Å². The maximum Gasteiger partial charge on any atom is 0.221 e. The van der Waals surface area contributed by atoms with Crippen LogP contribution in [0.4, 0.5) is 5.69 Å². The first-order chi connectivity index (χ1) is 14.1. The van der Waals surface area contributed by atoms with Gasteiger partial charge in [0.1, 0.15) is 11.3 Å². The van der Waals surface area contributed by atoms with Gasteiger partial charge in [-0.15, -0.1) is 21.5 Å². The van der Waals surface area contributed by atoms with Crippen LogP contribution in [0.2, 0.25) is 5.02 Å². The van der Waals surface area contributed by atoms with Crippen molar-refractivity contribution in [3.8, 4) is 16.3 Å². The largest absolute Gasteiger partial charge is 0.326 e. The molecule has 0 radical (unpaired) electrons. The molecule has 0 bridgehead atoms. The van der Waals surface area contributed by atoms with Crippen LogP contribution in [-0.4, -0.2) is 25.7 Å². The number of carbonyl (C=O) groups is 1. The lowest BCUT2D eigenvalue weighted by Gasteiger charge is -2.08. The summed E-state index contributed by atoms with van der Waals surface area (Å²) in [5.41, 5.74) is 3.49. The second-order valence-corrected chi connectivity index (χ2v) is 8.34. The summed E-state index contributed by atoms with van der Waals surface area (Å²) in [7, 11) is 0. The van der Waals surface area contributed by atoms with E-state index in [9.17, 15) is 4.79 Å². The van der Waals surface area contributed by atoms with E-state index in [1.54, 1.807) is 29.4 Å². The summed E-state index contributed by atoms with van der Waals surface area (Å²) < 4.78 is 1.89. The Bertz CT molecular complexity index is 1160. The van der Waals surface area contributed by atoms with Gasteiger partial charge in [0.15, 0.2) is 5.16 Å². The number of benzene rings is 2. The van der Waals surface area contributed by atoms with Crippen molar-refractivity contribution in [2.45, 2.75) is 17.8 Å². The monoisotopic (exact) mass is 441 g/mol. The number of carbonyl (C=O) groups excluding carboxylic acids is 1. The number of amides is 1. The third-order valence-electron chi connectivity index (χ3n) is 3.97. The fraction of sp³-hybridized carbons (Fsp3) is 0.100. The predicted octanol–water partition coefficient (Wildman–Crippen LogP) is 5.29. The highest BCUT2D eigenvalue weighted by Gasteiger charge is 2.12. The molecule has 0 saturated carbocycles. The van der Waals surface area contributed by atoms with Crippen molar-refractivity contribution >= 4 is 46.3 Å². The third-order valence-corrected chi connectivity index (χ3v) is 6.20. The zero-order chi connectivity index (χ0) is 20.2. The van der Waals surface area contributed by atoms with Gasteiger partial charge in [-0.2, -0.15) is 0 Å². The summed E-state index contributed by atoms with van der Waals surface area (Å²) in [4.78, 5) is 16.0. The molecule has 9 heteroatoms. The Hall–Kier alpha value is -2.68.